The standard InChI is InChI=1S/C39H27N7/c1-25-19-21-31-30-15-7-10-18-34(30)46(35(31)22-20-25)39-43-37(27-23-40-36(41-24-27)26-11-3-2-4-12-26)42-38(44-39)45-32-16-8-5-13-28(32)29-14-6-9-17-33(29)45/h2-21,23-24H,22H2,1H3. The van der Waals surface area contributed by atoms with Crippen LogP contribution in [0.4, 0.5) is 0 Å². The van der Waals surface area contributed by atoms with Gasteiger partial charge in [0, 0.05) is 51.8 Å². The first-order valence-corrected chi connectivity index (χ1v) is 15.3. The van der Waals surface area contributed by atoms with E-state index in [1.165, 1.54) is 11.1 Å². The molecule has 0 unspecified atom stereocenters. The highest BCUT2D eigenvalue weighted by atomic mass is 15.3. The molecule has 0 N–H and O–H groups in total. The second-order valence-electron chi connectivity index (χ2n) is 11.5. The number of benzene rings is 4. The first kappa shape index (κ1) is 26.2. The lowest BCUT2D eigenvalue weighted by molar-refractivity contribution is 0.854. The number of para-hydroxylation sites is 3. The van der Waals surface area contributed by atoms with Gasteiger partial charge in [0.15, 0.2) is 11.6 Å². The maximum absolute atomic E-state index is 5.24. The van der Waals surface area contributed by atoms with Gasteiger partial charge in [-0.25, -0.2) is 9.97 Å². The maximum atomic E-state index is 5.24. The number of aromatic nitrogens is 7. The zero-order chi connectivity index (χ0) is 30.6. The van der Waals surface area contributed by atoms with Gasteiger partial charge in [0.1, 0.15) is 0 Å². The largest absolute Gasteiger partial charge is 0.281 e. The first-order valence-electron chi connectivity index (χ1n) is 15.3. The van der Waals surface area contributed by atoms with Crippen LogP contribution in [0.3, 0.4) is 0 Å². The zero-order valence-corrected chi connectivity index (χ0v) is 25.0. The van der Waals surface area contributed by atoms with E-state index in [0.717, 1.165) is 50.4 Å². The molecule has 0 aliphatic heterocycles. The van der Waals surface area contributed by atoms with E-state index in [1.54, 1.807) is 12.4 Å². The van der Waals surface area contributed by atoms with Crippen molar-refractivity contribution in [1.82, 2.24) is 34.1 Å². The zero-order valence-electron chi connectivity index (χ0n) is 25.0. The van der Waals surface area contributed by atoms with Gasteiger partial charge < -0.3 is 0 Å². The summed E-state index contributed by atoms with van der Waals surface area (Å²) in [6.07, 6.45) is 11.0. The van der Waals surface area contributed by atoms with E-state index < -0.39 is 0 Å². The van der Waals surface area contributed by atoms with E-state index in [9.17, 15) is 0 Å². The maximum Gasteiger partial charge on any atom is 0.240 e. The Morgan fingerprint density at radius 1 is 0.522 bits per heavy atom. The van der Waals surface area contributed by atoms with Crippen LogP contribution in [0.5, 0.6) is 0 Å². The molecule has 0 saturated heterocycles. The van der Waals surface area contributed by atoms with E-state index in [1.807, 2.05) is 30.3 Å². The van der Waals surface area contributed by atoms with Gasteiger partial charge in [0.2, 0.25) is 11.9 Å². The van der Waals surface area contributed by atoms with Gasteiger partial charge in [0.05, 0.1) is 22.1 Å². The molecule has 8 aromatic rings. The Bertz CT molecular complexity index is 2450. The van der Waals surface area contributed by atoms with E-state index in [0.29, 0.717) is 29.1 Å². The molecule has 0 radical (unpaired) electrons. The lowest BCUT2D eigenvalue weighted by Gasteiger charge is -2.13. The molecular formula is C39H27N7. The van der Waals surface area contributed by atoms with Crippen LogP contribution in [-0.2, 0) is 6.42 Å². The topological polar surface area (TPSA) is 74.3 Å². The van der Waals surface area contributed by atoms with Gasteiger partial charge in [0.25, 0.3) is 0 Å². The summed E-state index contributed by atoms with van der Waals surface area (Å²) in [5, 5.41) is 3.44. The highest BCUT2D eigenvalue weighted by molar-refractivity contribution is 6.09. The smallest absolute Gasteiger partial charge is 0.240 e. The average Bonchev–Trinajstić information content (AvgIpc) is 3.55. The number of nitrogens with zero attached hydrogens (tertiary/aromatic N) is 7. The van der Waals surface area contributed by atoms with Gasteiger partial charge in [-0.2, -0.15) is 15.0 Å². The Morgan fingerprint density at radius 3 is 1.76 bits per heavy atom. The third-order valence-electron chi connectivity index (χ3n) is 8.68. The van der Waals surface area contributed by atoms with Crippen molar-refractivity contribution < 1.29 is 0 Å². The summed E-state index contributed by atoms with van der Waals surface area (Å²) in [5.41, 5.74) is 8.31. The fourth-order valence-electron chi connectivity index (χ4n) is 6.47. The monoisotopic (exact) mass is 593 g/mol. The lowest BCUT2D eigenvalue weighted by atomic mass is 10.1. The van der Waals surface area contributed by atoms with Crippen LogP contribution < -0.4 is 0 Å². The van der Waals surface area contributed by atoms with Crippen molar-refractivity contribution in [2.75, 3.05) is 0 Å². The SMILES string of the molecule is CC1=CCc2c(c3ccccc3n2-c2nc(-c3cnc(-c4ccccc4)nc3)nc(-n3c4ccccc4c4ccccc43)n2)C=C1. The minimum Gasteiger partial charge on any atom is -0.281 e. The third kappa shape index (κ3) is 4.17. The Hall–Kier alpha value is -6.21. The molecule has 0 spiro atoms. The van der Waals surface area contributed by atoms with Gasteiger partial charge in [-0.1, -0.05) is 109 Å². The van der Waals surface area contributed by atoms with Crippen LogP contribution in [0.2, 0.25) is 0 Å². The van der Waals surface area contributed by atoms with Gasteiger partial charge in [-0.05, 0) is 25.1 Å². The minimum absolute atomic E-state index is 0.504. The van der Waals surface area contributed by atoms with E-state index >= 15 is 0 Å². The molecule has 46 heavy (non-hydrogen) atoms. The fraction of sp³-hybridized carbons (Fsp3) is 0.0513. The predicted molar refractivity (Wildman–Crippen MR) is 184 cm³/mol. The van der Waals surface area contributed by atoms with E-state index in [4.69, 9.17) is 24.9 Å². The number of fused-ring (bicyclic) bond motifs is 6. The van der Waals surface area contributed by atoms with Gasteiger partial charge >= 0.3 is 0 Å². The number of hydrogen-bond donors (Lipinski definition) is 0. The van der Waals surface area contributed by atoms with Crippen LogP contribution in [0.25, 0.3) is 73.5 Å². The highest BCUT2D eigenvalue weighted by Crippen LogP contribution is 2.35. The predicted octanol–water partition coefficient (Wildman–Crippen LogP) is 8.55. The molecule has 0 bridgehead atoms. The van der Waals surface area contributed by atoms with Gasteiger partial charge in [-0.15, -0.1) is 0 Å². The minimum atomic E-state index is 0.504. The summed E-state index contributed by atoms with van der Waals surface area (Å²) in [7, 11) is 0. The quantitative estimate of drug-likeness (QED) is 0.204. The van der Waals surface area contributed by atoms with Crippen molar-refractivity contribution in [1.29, 1.82) is 0 Å². The molecule has 7 nitrogen and oxygen atoms in total. The average molecular weight is 594 g/mol. The molecule has 9 rings (SSSR count). The van der Waals surface area contributed by atoms with E-state index in [-0.39, 0.29) is 0 Å². The van der Waals surface area contributed by atoms with Crippen LogP contribution in [0.15, 0.2) is 133 Å². The molecule has 0 atom stereocenters. The summed E-state index contributed by atoms with van der Waals surface area (Å²) in [4.78, 5) is 24.9. The lowest BCUT2D eigenvalue weighted by Crippen LogP contribution is -2.12. The first-order chi connectivity index (χ1) is 22.7. The van der Waals surface area contributed by atoms with Gasteiger partial charge in [-0.3, -0.25) is 9.13 Å². The molecule has 4 aromatic carbocycles. The Kier molecular flexibility index (Phi) is 5.96. The molecule has 4 aromatic heterocycles. The van der Waals surface area contributed by atoms with Crippen molar-refractivity contribution in [2.45, 2.75) is 13.3 Å². The normalized spacial score (nSPS) is 12.8. The van der Waals surface area contributed by atoms with Crippen molar-refractivity contribution >= 4 is 38.8 Å². The van der Waals surface area contributed by atoms with Crippen molar-refractivity contribution in [2.24, 2.45) is 0 Å². The molecule has 7 heteroatoms. The second kappa shape index (κ2) is 10.5. The van der Waals surface area contributed by atoms with Crippen LogP contribution in [0.1, 0.15) is 18.2 Å². The molecule has 0 saturated carbocycles. The molecule has 4 heterocycles. The molecular weight excluding hydrogens is 566 g/mol. The van der Waals surface area contributed by atoms with Crippen LogP contribution in [-0.4, -0.2) is 34.1 Å². The molecule has 218 valence electrons. The summed E-state index contributed by atoms with van der Waals surface area (Å²) in [6, 6.07) is 35.2. The number of hydrogen-bond acceptors (Lipinski definition) is 5. The Labute approximate surface area is 264 Å². The number of allylic oxidation sites excluding steroid dienone is 3. The van der Waals surface area contributed by atoms with Crippen LogP contribution in [0, 0.1) is 0 Å². The summed E-state index contributed by atoms with van der Waals surface area (Å²) < 4.78 is 4.32. The third-order valence-corrected chi connectivity index (χ3v) is 8.68. The van der Waals surface area contributed by atoms with Crippen molar-refractivity contribution in [3.8, 4) is 34.7 Å². The summed E-state index contributed by atoms with van der Waals surface area (Å²) in [6.45, 7) is 2.13. The highest BCUT2D eigenvalue weighted by Gasteiger charge is 2.22. The van der Waals surface area contributed by atoms with Crippen molar-refractivity contribution in [3.63, 3.8) is 0 Å². The Balaban J connectivity index is 1.33. The molecule has 0 fully saturated rings. The Morgan fingerprint density at radius 2 is 1.09 bits per heavy atom. The molecule has 1 aliphatic carbocycles. The second-order valence-corrected chi connectivity index (χ2v) is 11.5. The molecule has 0 amide bonds. The van der Waals surface area contributed by atoms with Crippen molar-refractivity contribution in [3.05, 3.63) is 145 Å². The van der Waals surface area contributed by atoms with E-state index in [2.05, 4.69) is 107 Å². The summed E-state index contributed by atoms with van der Waals surface area (Å²) in [5.74, 6) is 2.24. The summed E-state index contributed by atoms with van der Waals surface area (Å²) >= 11 is 0. The number of rotatable bonds is 4. The fourth-order valence-corrected chi connectivity index (χ4v) is 6.47. The van der Waals surface area contributed by atoms with Crippen LogP contribution >= 0.6 is 0 Å². The molecule has 1 aliphatic rings.